The lowest BCUT2D eigenvalue weighted by Gasteiger charge is -2.11. The van der Waals surface area contributed by atoms with E-state index in [2.05, 4.69) is 16.9 Å². The van der Waals surface area contributed by atoms with Crippen molar-refractivity contribution in [3.05, 3.63) is 35.5 Å². The average molecular weight is 346 g/mol. The van der Waals surface area contributed by atoms with Gasteiger partial charge in [-0.25, -0.2) is 4.98 Å². The Labute approximate surface area is 145 Å². The van der Waals surface area contributed by atoms with Crippen LogP contribution in [0.15, 0.2) is 30.5 Å². The molecule has 0 radical (unpaired) electrons. The summed E-state index contributed by atoms with van der Waals surface area (Å²) in [6.07, 6.45) is 4.74. The molecule has 6 heteroatoms. The van der Waals surface area contributed by atoms with E-state index in [1.165, 1.54) is 0 Å². The lowest BCUT2D eigenvalue weighted by atomic mass is 10.1. The first-order valence-electron chi connectivity index (χ1n) is 8.03. The SMILES string of the molecule is CCCCCn1c(O)nc2ncc(Cl)c(-c3ccc(OC)cc3)c21. The zero-order chi connectivity index (χ0) is 17.1. The molecule has 1 N–H and O–H groups in total. The number of halogens is 1. The van der Waals surface area contributed by atoms with Gasteiger partial charge in [-0.1, -0.05) is 43.5 Å². The van der Waals surface area contributed by atoms with Crippen LogP contribution in [-0.4, -0.2) is 26.8 Å². The van der Waals surface area contributed by atoms with Gasteiger partial charge in [-0.2, -0.15) is 4.98 Å². The zero-order valence-corrected chi connectivity index (χ0v) is 14.5. The number of pyridine rings is 1. The molecule has 126 valence electrons. The van der Waals surface area contributed by atoms with Crippen molar-refractivity contribution in [1.29, 1.82) is 0 Å². The third-order valence-electron chi connectivity index (χ3n) is 4.07. The minimum Gasteiger partial charge on any atom is -0.497 e. The molecule has 3 aromatic rings. The first-order chi connectivity index (χ1) is 11.7. The van der Waals surface area contributed by atoms with Crippen molar-refractivity contribution in [3.8, 4) is 22.9 Å². The van der Waals surface area contributed by atoms with Crippen LogP contribution in [0.1, 0.15) is 26.2 Å². The topological polar surface area (TPSA) is 60.2 Å². The van der Waals surface area contributed by atoms with Crippen molar-refractivity contribution in [3.63, 3.8) is 0 Å². The quantitative estimate of drug-likeness (QED) is 0.660. The summed E-state index contributed by atoms with van der Waals surface area (Å²) >= 11 is 6.44. The Bertz CT molecular complexity index is 844. The number of nitrogens with zero attached hydrogens (tertiary/aromatic N) is 3. The van der Waals surface area contributed by atoms with Crippen molar-refractivity contribution in [2.24, 2.45) is 0 Å². The van der Waals surface area contributed by atoms with Gasteiger partial charge in [0.05, 0.1) is 17.6 Å². The van der Waals surface area contributed by atoms with Gasteiger partial charge in [-0.3, -0.25) is 4.57 Å². The number of hydrogen-bond donors (Lipinski definition) is 1. The standard InChI is InChI=1S/C18H20ClN3O2/c1-3-4-5-10-22-16-15(12-6-8-13(24-2)9-7-12)14(19)11-20-17(16)21-18(22)23/h6-9,11H,3-5,10H2,1-2H3,(H,20,21,23). The van der Waals surface area contributed by atoms with Crippen molar-refractivity contribution >= 4 is 22.8 Å². The molecule has 2 heterocycles. The normalized spacial score (nSPS) is 11.1. The third kappa shape index (κ3) is 3.04. The van der Waals surface area contributed by atoms with Crippen LogP contribution in [0.3, 0.4) is 0 Å². The van der Waals surface area contributed by atoms with E-state index in [1.54, 1.807) is 17.9 Å². The summed E-state index contributed by atoms with van der Waals surface area (Å²) in [7, 11) is 1.63. The zero-order valence-electron chi connectivity index (χ0n) is 13.8. The Morgan fingerprint density at radius 1 is 1.21 bits per heavy atom. The fraction of sp³-hybridized carbons (Fsp3) is 0.333. The van der Waals surface area contributed by atoms with Crippen LogP contribution in [0.2, 0.25) is 5.02 Å². The summed E-state index contributed by atoms with van der Waals surface area (Å²) < 4.78 is 7.01. The Morgan fingerprint density at radius 3 is 2.62 bits per heavy atom. The van der Waals surface area contributed by atoms with Gasteiger partial charge in [-0.15, -0.1) is 0 Å². The van der Waals surface area contributed by atoms with E-state index >= 15 is 0 Å². The highest BCUT2D eigenvalue weighted by Crippen LogP contribution is 2.36. The molecule has 24 heavy (non-hydrogen) atoms. The fourth-order valence-corrected chi connectivity index (χ4v) is 3.07. The van der Waals surface area contributed by atoms with E-state index in [-0.39, 0.29) is 6.01 Å². The lowest BCUT2D eigenvalue weighted by Crippen LogP contribution is -1.99. The molecule has 0 aliphatic heterocycles. The molecule has 2 aromatic heterocycles. The molecule has 1 aromatic carbocycles. The number of aryl methyl sites for hydroxylation is 1. The maximum Gasteiger partial charge on any atom is 0.296 e. The van der Waals surface area contributed by atoms with Gasteiger partial charge in [0.15, 0.2) is 5.65 Å². The second-order valence-corrected chi connectivity index (χ2v) is 6.06. The lowest BCUT2D eigenvalue weighted by molar-refractivity contribution is 0.397. The molecule has 0 amide bonds. The smallest absolute Gasteiger partial charge is 0.296 e. The number of methoxy groups -OCH3 is 1. The molecule has 0 spiro atoms. The number of aromatic hydroxyl groups is 1. The summed E-state index contributed by atoms with van der Waals surface area (Å²) in [6.45, 7) is 2.83. The van der Waals surface area contributed by atoms with Gasteiger partial charge in [0, 0.05) is 18.3 Å². The van der Waals surface area contributed by atoms with Crippen LogP contribution >= 0.6 is 11.6 Å². The first-order valence-corrected chi connectivity index (χ1v) is 8.41. The minimum absolute atomic E-state index is 0.0226. The summed E-state index contributed by atoms with van der Waals surface area (Å²) in [5.41, 5.74) is 3.03. The Hall–Kier alpha value is -2.27. The summed E-state index contributed by atoms with van der Waals surface area (Å²) in [5, 5.41) is 10.8. The van der Waals surface area contributed by atoms with Gasteiger partial charge in [0.2, 0.25) is 0 Å². The average Bonchev–Trinajstić information content (AvgIpc) is 2.91. The molecular weight excluding hydrogens is 326 g/mol. The number of unbranched alkanes of at least 4 members (excludes halogenated alkanes) is 2. The number of aromatic nitrogens is 3. The number of ether oxygens (including phenoxy) is 1. The van der Waals surface area contributed by atoms with E-state index < -0.39 is 0 Å². The largest absolute Gasteiger partial charge is 0.497 e. The van der Waals surface area contributed by atoms with Gasteiger partial charge >= 0.3 is 0 Å². The number of hydrogen-bond acceptors (Lipinski definition) is 4. The van der Waals surface area contributed by atoms with Crippen molar-refractivity contribution in [2.45, 2.75) is 32.7 Å². The number of fused-ring (bicyclic) bond motifs is 1. The van der Waals surface area contributed by atoms with Crippen LogP contribution in [0.4, 0.5) is 0 Å². The van der Waals surface area contributed by atoms with Gasteiger partial charge in [0.25, 0.3) is 6.01 Å². The molecule has 0 aliphatic carbocycles. The predicted octanol–water partition coefficient (Wildman–Crippen LogP) is 4.66. The minimum atomic E-state index is -0.0226. The van der Waals surface area contributed by atoms with E-state index in [9.17, 15) is 5.11 Å². The highest BCUT2D eigenvalue weighted by atomic mass is 35.5. The van der Waals surface area contributed by atoms with Crippen molar-refractivity contribution in [1.82, 2.24) is 14.5 Å². The van der Waals surface area contributed by atoms with Crippen molar-refractivity contribution < 1.29 is 9.84 Å². The van der Waals surface area contributed by atoms with E-state index in [0.717, 1.165) is 41.7 Å². The third-order valence-corrected chi connectivity index (χ3v) is 4.36. The van der Waals surface area contributed by atoms with Crippen LogP contribution in [0.5, 0.6) is 11.8 Å². The van der Waals surface area contributed by atoms with Crippen LogP contribution in [0.25, 0.3) is 22.3 Å². The molecule has 3 rings (SSSR count). The second kappa shape index (κ2) is 7.09. The van der Waals surface area contributed by atoms with E-state index in [1.807, 2.05) is 24.3 Å². The predicted molar refractivity (Wildman–Crippen MR) is 95.7 cm³/mol. The first kappa shape index (κ1) is 16.6. The highest BCUT2D eigenvalue weighted by molar-refractivity contribution is 6.34. The molecule has 0 saturated carbocycles. The van der Waals surface area contributed by atoms with E-state index in [0.29, 0.717) is 17.2 Å². The van der Waals surface area contributed by atoms with Crippen LogP contribution in [0, 0.1) is 0 Å². The van der Waals surface area contributed by atoms with Crippen LogP contribution in [-0.2, 0) is 6.54 Å². The summed E-state index contributed by atoms with van der Waals surface area (Å²) in [5.74, 6) is 0.777. The Balaban J connectivity index is 2.15. The number of imidazole rings is 1. The van der Waals surface area contributed by atoms with E-state index in [4.69, 9.17) is 16.3 Å². The molecule has 0 atom stereocenters. The molecule has 0 saturated heterocycles. The number of benzene rings is 1. The molecular formula is C18H20ClN3O2. The number of rotatable bonds is 6. The monoisotopic (exact) mass is 345 g/mol. The van der Waals surface area contributed by atoms with Crippen molar-refractivity contribution in [2.75, 3.05) is 7.11 Å². The van der Waals surface area contributed by atoms with Crippen LogP contribution < -0.4 is 4.74 Å². The fourth-order valence-electron chi connectivity index (χ4n) is 2.82. The maximum atomic E-state index is 10.2. The van der Waals surface area contributed by atoms with Gasteiger partial charge in [0.1, 0.15) is 5.75 Å². The summed E-state index contributed by atoms with van der Waals surface area (Å²) in [6, 6.07) is 7.64. The molecule has 0 bridgehead atoms. The van der Waals surface area contributed by atoms with Gasteiger partial charge in [-0.05, 0) is 24.1 Å². The second-order valence-electron chi connectivity index (χ2n) is 5.65. The molecule has 0 aliphatic rings. The van der Waals surface area contributed by atoms with Gasteiger partial charge < -0.3 is 9.84 Å². The highest BCUT2D eigenvalue weighted by Gasteiger charge is 2.18. The molecule has 0 fully saturated rings. The summed E-state index contributed by atoms with van der Waals surface area (Å²) in [4.78, 5) is 8.44. The maximum absolute atomic E-state index is 10.2. The molecule has 0 unspecified atom stereocenters. The molecule has 5 nitrogen and oxygen atoms in total. The Morgan fingerprint density at radius 2 is 1.96 bits per heavy atom. The Kier molecular flexibility index (Phi) is 4.90.